The SMILES string of the molecule is CC(=O)Nc1cc(Oc2ccc(CC=O)cc2)ncn1. The van der Waals surface area contributed by atoms with E-state index < -0.39 is 0 Å². The van der Waals surface area contributed by atoms with Crippen LogP contribution in [0, 0.1) is 0 Å². The van der Waals surface area contributed by atoms with E-state index >= 15 is 0 Å². The maximum absolute atomic E-state index is 10.9. The molecule has 20 heavy (non-hydrogen) atoms. The largest absolute Gasteiger partial charge is 0.439 e. The summed E-state index contributed by atoms with van der Waals surface area (Å²) in [6, 6.07) is 8.64. The molecule has 1 N–H and O–H groups in total. The minimum Gasteiger partial charge on any atom is -0.439 e. The van der Waals surface area contributed by atoms with Gasteiger partial charge >= 0.3 is 0 Å². The number of aromatic nitrogens is 2. The molecule has 0 bridgehead atoms. The summed E-state index contributed by atoms with van der Waals surface area (Å²) in [5.41, 5.74) is 0.911. The van der Waals surface area contributed by atoms with Crippen LogP contribution in [0.5, 0.6) is 11.6 Å². The lowest BCUT2D eigenvalue weighted by molar-refractivity contribution is -0.114. The van der Waals surface area contributed by atoms with Crippen LogP contribution >= 0.6 is 0 Å². The van der Waals surface area contributed by atoms with E-state index in [4.69, 9.17) is 4.74 Å². The highest BCUT2D eigenvalue weighted by Crippen LogP contribution is 2.21. The Kier molecular flexibility index (Phi) is 4.39. The van der Waals surface area contributed by atoms with Crippen molar-refractivity contribution < 1.29 is 14.3 Å². The average Bonchev–Trinajstić information content (AvgIpc) is 2.41. The third-order valence-corrected chi connectivity index (χ3v) is 2.41. The number of carbonyl (C=O) groups is 2. The van der Waals surface area contributed by atoms with Crippen LogP contribution in [-0.4, -0.2) is 22.2 Å². The summed E-state index contributed by atoms with van der Waals surface area (Å²) in [6.45, 7) is 1.40. The molecule has 0 aliphatic rings. The number of rotatable bonds is 5. The van der Waals surface area contributed by atoms with Gasteiger partial charge in [-0.15, -0.1) is 0 Å². The Labute approximate surface area is 115 Å². The van der Waals surface area contributed by atoms with Crippen molar-refractivity contribution in [2.24, 2.45) is 0 Å². The zero-order chi connectivity index (χ0) is 14.4. The summed E-state index contributed by atoms with van der Waals surface area (Å²) in [7, 11) is 0. The number of ether oxygens (including phenoxy) is 1. The van der Waals surface area contributed by atoms with Crippen molar-refractivity contribution in [1.29, 1.82) is 0 Å². The molecule has 1 heterocycles. The molecule has 0 saturated carbocycles. The number of nitrogens with one attached hydrogen (secondary N) is 1. The molecule has 0 saturated heterocycles. The molecule has 0 atom stereocenters. The lowest BCUT2D eigenvalue weighted by Gasteiger charge is -2.06. The molecule has 2 rings (SSSR count). The van der Waals surface area contributed by atoms with Crippen LogP contribution in [0.4, 0.5) is 5.82 Å². The number of hydrogen-bond donors (Lipinski definition) is 1. The third kappa shape index (κ3) is 3.88. The first-order valence-electron chi connectivity index (χ1n) is 5.97. The van der Waals surface area contributed by atoms with Gasteiger partial charge in [0.15, 0.2) is 0 Å². The summed E-state index contributed by atoms with van der Waals surface area (Å²) < 4.78 is 5.54. The molecule has 6 heteroatoms. The first-order valence-corrected chi connectivity index (χ1v) is 5.97. The average molecular weight is 271 g/mol. The van der Waals surface area contributed by atoms with Gasteiger partial charge in [-0.1, -0.05) is 12.1 Å². The van der Waals surface area contributed by atoms with E-state index in [9.17, 15) is 9.59 Å². The van der Waals surface area contributed by atoms with Gasteiger partial charge in [0.2, 0.25) is 11.8 Å². The normalized spacial score (nSPS) is 9.85. The van der Waals surface area contributed by atoms with Crippen LogP contribution in [-0.2, 0) is 16.0 Å². The molecule has 0 fully saturated rings. The molecule has 2 aromatic rings. The summed E-state index contributed by atoms with van der Waals surface area (Å²) >= 11 is 0. The predicted octanol–water partition coefficient (Wildman–Crippen LogP) is 1.97. The summed E-state index contributed by atoms with van der Waals surface area (Å²) in [4.78, 5) is 29.2. The maximum Gasteiger partial charge on any atom is 0.224 e. The van der Waals surface area contributed by atoms with Gasteiger partial charge in [-0.25, -0.2) is 9.97 Å². The van der Waals surface area contributed by atoms with Crippen LogP contribution in [0.25, 0.3) is 0 Å². The zero-order valence-corrected chi connectivity index (χ0v) is 10.9. The van der Waals surface area contributed by atoms with Gasteiger partial charge in [-0.2, -0.15) is 0 Å². The van der Waals surface area contributed by atoms with E-state index in [-0.39, 0.29) is 5.91 Å². The first-order chi connectivity index (χ1) is 9.67. The van der Waals surface area contributed by atoms with Gasteiger partial charge in [0.05, 0.1) is 0 Å². The Morgan fingerprint density at radius 2 is 2.05 bits per heavy atom. The molecular weight excluding hydrogens is 258 g/mol. The highest BCUT2D eigenvalue weighted by molar-refractivity contribution is 5.87. The minimum absolute atomic E-state index is 0.215. The second kappa shape index (κ2) is 6.42. The molecule has 1 aromatic heterocycles. The Hall–Kier alpha value is -2.76. The van der Waals surface area contributed by atoms with Crippen molar-refractivity contribution in [3.05, 3.63) is 42.2 Å². The van der Waals surface area contributed by atoms with E-state index in [1.165, 1.54) is 19.3 Å². The number of carbonyl (C=O) groups excluding carboxylic acids is 2. The molecule has 1 amide bonds. The summed E-state index contributed by atoms with van der Waals surface area (Å²) in [5, 5.41) is 2.55. The number of aldehydes is 1. The van der Waals surface area contributed by atoms with Gasteiger partial charge < -0.3 is 14.8 Å². The Balaban J connectivity index is 2.09. The topological polar surface area (TPSA) is 81.2 Å². The standard InChI is InChI=1S/C14H13N3O3/c1-10(19)17-13-8-14(16-9-15-13)20-12-4-2-11(3-5-12)6-7-18/h2-5,7-9H,6H2,1H3,(H,15,16,17,19). The molecule has 0 aliphatic carbocycles. The summed E-state index contributed by atoms with van der Waals surface area (Å²) in [5.74, 6) is 1.08. The smallest absolute Gasteiger partial charge is 0.224 e. The van der Waals surface area contributed by atoms with Crippen LogP contribution < -0.4 is 10.1 Å². The number of nitrogens with zero attached hydrogens (tertiary/aromatic N) is 2. The molecule has 0 radical (unpaired) electrons. The van der Waals surface area contributed by atoms with Gasteiger partial charge in [0, 0.05) is 19.4 Å². The fourth-order valence-electron chi connectivity index (χ4n) is 1.55. The molecule has 0 aliphatic heterocycles. The lowest BCUT2D eigenvalue weighted by Crippen LogP contribution is -2.07. The van der Waals surface area contributed by atoms with Crippen molar-refractivity contribution in [3.63, 3.8) is 0 Å². The highest BCUT2D eigenvalue weighted by atomic mass is 16.5. The van der Waals surface area contributed by atoms with Gasteiger partial charge in [0.25, 0.3) is 0 Å². The van der Waals surface area contributed by atoms with E-state index in [1.54, 1.807) is 24.3 Å². The maximum atomic E-state index is 10.9. The van der Waals surface area contributed by atoms with Crippen molar-refractivity contribution in [1.82, 2.24) is 9.97 Å². The van der Waals surface area contributed by atoms with Gasteiger partial charge in [-0.05, 0) is 17.7 Å². The van der Waals surface area contributed by atoms with Crippen LogP contribution in [0.2, 0.25) is 0 Å². The number of hydrogen-bond acceptors (Lipinski definition) is 5. The molecule has 102 valence electrons. The fraction of sp³-hybridized carbons (Fsp3) is 0.143. The predicted molar refractivity (Wildman–Crippen MR) is 72.6 cm³/mol. The molecule has 0 spiro atoms. The fourth-order valence-corrected chi connectivity index (χ4v) is 1.55. The molecule has 1 aromatic carbocycles. The van der Waals surface area contributed by atoms with Crippen LogP contribution in [0.1, 0.15) is 12.5 Å². The second-order valence-electron chi connectivity index (χ2n) is 4.04. The van der Waals surface area contributed by atoms with E-state index in [0.29, 0.717) is 23.9 Å². The monoisotopic (exact) mass is 271 g/mol. The van der Waals surface area contributed by atoms with E-state index in [1.807, 2.05) is 0 Å². The Morgan fingerprint density at radius 1 is 1.30 bits per heavy atom. The van der Waals surface area contributed by atoms with Crippen molar-refractivity contribution >= 4 is 18.0 Å². The highest BCUT2D eigenvalue weighted by Gasteiger charge is 2.03. The number of amides is 1. The molecule has 0 unspecified atom stereocenters. The van der Waals surface area contributed by atoms with Gasteiger partial charge in [0.1, 0.15) is 24.2 Å². The molecule has 6 nitrogen and oxygen atoms in total. The quantitative estimate of drug-likeness (QED) is 0.841. The number of anilines is 1. The van der Waals surface area contributed by atoms with Crippen LogP contribution in [0.3, 0.4) is 0 Å². The zero-order valence-electron chi connectivity index (χ0n) is 10.9. The van der Waals surface area contributed by atoms with Crippen molar-refractivity contribution in [2.75, 3.05) is 5.32 Å². The second-order valence-corrected chi connectivity index (χ2v) is 4.04. The van der Waals surface area contributed by atoms with Crippen molar-refractivity contribution in [3.8, 4) is 11.6 Å². The van der Waals surface area contributed by atoms with E-state index in [2.05, 4.69) is 15.3 Å². The minimum atomic E-state index is -0.215. The van der Waals surface area contributed by atoms with Crippen LogP contribution in [0.15, 0.2) is 36.7 Å². The molecular formula is C14H13N3O3. The van der Waals surface area contributed by atoms with Gasteiger partial charge in [-0.3, -0.25) is 4.79 Å². The Morgan fingerprint density at radius 3 is 2.70 bits per heavy atom. The first kappa shape index (κ1) is 13.7. The summed E-state index contributed by atoms with van der Waals surface area (Å²) in [6.07, 6.45) is 2.53. The lowest BCUT2D eigenvalue weighted by atomic mass is 10.2. The number of benzene rings is 1. The third-order valence-electron chi connectivity index (χ3n) is 2.41. The van der Waals surface area contributed by atoms with Crippen molar-refractivity contribution in [2.45, 2.75) is 13.3 Å². The van der Waals surface area contributed by atoms with E-state index in [0.717, 1.165) is 11.8 Å². The Bertz CT molecular complexity index is 611.